The molecule has 6 nitrogen and oxygen atoms in total. The first-order valence-corrected chi connectivity index (χ1v) is 8.71. The van der Waals surface area contributed by atoms with Crippen molar-refractivity contribution in [2.45, 2.75) is 45.1 Å². The van der Waals surface area contributed by atoms with Gasteiger partial charge in [-0.15, -0.1) is 0 Å². The van der Waals surface area contributed by atoms with Gasteiger partial charge in [0.05, 0.1) is 12.3 Å². The Morgan fingerprint density at radius 3 is 2.58 bits per heavy atom. The van der Waals surface area contributed by atoms with Gasteiger partial charge < -0.3 is 10.9 Å². The average molecular weight is 291 g/mol. The van der Waals surface area contributed by atoms with Gasteiger partial charge in [-0.2, -0.15) is 0 Å². The maximum Gasteiger partial charge on any atom is 0.153 e. The molecule has 0 aliphatic heterocycles. The molecule has 1 aliphatic rings. The van der Waals surface area contributed by atoms with Crippen molar-refractivity contribution in [1.82, 2.24) is 4.90 Å². The van der Waals surface area contributed by atoms with Crippen molar-refractivity contribution in [2.24, 2.45) is 10.9 Å². The molecular weight excluding hydrogens is 266 g/mol. The van der Waals surface area contributed by atoms with Crippen LogP contribution in [0, 0.1) is 0 Å². The molecule has 0 aromatic rings. The molecule has 0 aromatic heterocycles. The molecule has 0 spiro atoms. The number of nitrogens with zero attached hydrogens (tertiary/aromatic N) is 2. The highest BCUT2D eigenvalue weighted by molar-refractivity contribution is 7.91. The lowest BCUT2D eigenvalue weighted by atomic mass is 10.2. The van der Waals surface area contributed by atoms with E-state index in [4.69, 9.17) is 10.9 Å². The molecule has 0 bridgehead atoms. The molecule has 1 saturated carbocycles. The Balaban J connectivity index is 2.49. The Kier molecular flexibility index (Phi) is 6.57. The molecule has 19 heavy (non-hydrogen) atoms. The maximum atomic E-state index is 11.5. The fourth-order valence-corrected chi connectivity index (χ4v) is 3.39. The van der Waals surface area contributed by atoms with Crippen molar-refractivity contribution in [2.75, 3.05) is 24.6 Å². The molecule has 112 valence electrons. The first kappa shape index (κ1) is 16.2. The molecule has 3 N–H and O–H groups in total. The second-order valence-corrected chi connectivity index (χ2v) is 7.56. The highest BCUT2D eigenvalue weighted by Crippen LogP contribution is 2.23. The van der Waals surface area contributed by atoms with Gasteiger partial charge in [-0.1, -0.05) is 24.9 Å². The van der Waals surface area contributed by atoms with Gasteiger partial charge in [0.2, 0.25) is 0 Å². The van der Waals surface area contributed by atoms with Crippen molar-refractivity contribution in [1.29, 1.82) is 0 Å². The number of sulfone groups is 1. The number of nitrogens with two attached hydrogens (primary N) is 1. The molecule has 0 atom stereocenters. The summed E-state index contributed by atoms with van der Waals surface area (Å²) in [4.78, 5) is 2.15. The van der Waals surface area contributed by atoms with E-state index in [9.17, 15) is 8.42 Å². The van der Waals surface area contributed by atoms with Crippen LogP contribution in [0.25, 0.3) is 0 Å². The predicted molar refractivity (Wildman–Crippen MR) is 76.2 cm³/mol. The highest BCUT2D eigenvalue weighted by Gasteiger charge is 2.23. The van der Waals surface area contributed by atoms with Gasteiger partial charge in [0.1, 0.15) is 9.84 Å². The minimum atomic E-state index is -2.91. The zero-order chi connectivity index (χ0) is 14.3. The number of rotatable bonds is 8. The molecule has 1 fully saturated rings. The summed E-state index contributed by atoms with van der Waals surface area (Å²) >= 11 is 0. The SMILES string of the molecule is CCS(=O)(=O)CCCN(CC(N)=NO)C1CCCC1. The summed E-state index contributed by atoms with van der Waals surface area (Å²) in [5.74, 6) is 0.588. The summed E-state index contributed by atoms with van der Waals surface area (Å²) in [7, 11) is -2.91. The molecule has 0 heterocycles. The smallest absolute Gasteiger partial charge is 0.153 e. The number of amidine groups is 1. The second kappa shape index (κ2) is 7.69. The fraction of sp³-hybridized carbons (Fsp3) is 0.917. The minimum Gasteiger partial charge on any atom is -0.409 e. The van der Waals surface area contributed by atoms with E-state index in [1.807, 2.05) is 0 Å². The maximum absolute atomic E-state index is 11.5. The van der Waals surface area contributed by atoms with Gasteiger partial charge in [0.25, 0.3) is 0 Å². The van der Waals surface area contributed by atoms with E-state index < -0.39 is 9.84 Å². The average Bonchev–Trinajstić information content (AvgIpc) is 2.91. The molecule has 0 amide bonds. The van der Waals surface area contributed by atoms with Crippen LogP contribution < -0.4 is 5.73 Å². The standard InChI is InChI=1S/C12H25N3O3S/c1-2-19(17,18)9-5-8-15(10-12(13)14-16)11-6-3-4-7-11/h11,16H,2-10H2,1H3,(H2,13,14). The molecule has 1 rings (SSSR count). The summed E-state index contributed by atoms with van der Waals surface area (Å²) in [6, 6.07) is 0.435. The molecule has 0 unspecified atom stereocenters. The lowest BCUT2D eigenvalue weighted by molar-refractivity contribution is 0.223. The zero-order valence-electron chi connectivity index (χ0n) is 11.6. The Hall–Kier alpha value is -0.820. The summed E-state index contributed by atoms with van der Waals surface area (Å²) in [6.07, 6.45) is 5.22. The van der Waals surface area contributed by atoms with Crippen molar-refractivity contribution < 1.29 is 13.6 Å². The lowest BCUT2D eigenvalue weighted by Crippen LogP contribution is -2.41. The van der Waals surface area contributed by atoms with E-state index >= 15 is 0 Å². The van der Waals surface area contributed by atoms with Gasteiger partial charge >= 0.3 is 0 Å². The van der Waals surface area contributed by atoms with Crippen LogP contribution in [-0.4, -0.2) is 55.0 Å². The first-order chi connectivity index (χ1) is 8.98. The topological polar surface area (TPSA) is 96.0 Å². The van der Waals surface area contributed by atoms with E-state index in [0.717, 1.165) is 12.8 Å². The van der Waals surface area contributed by atoms with Crippen molar-refractivity contribution in [3.8, 4) is 0 Å². The van der Waals surface area contributed by atoms with Crippen LogP contribution in [0.4, 0.5) is 0 Å². The quantitative estimate of drug-likeness (QED) is 0.298. The normalized spacial score (nSPS) is 18.3. The number of oxime groups is 1. The molecule has 1 aliphatic carbocycles. The third kappa shape index (κ3) is 5.78. The summed E-state index contributed by atoms with van der Waals surface area (Å²) < 4.78 is 22.9. The molecule has 0 radical (unpaired) electrons. The Morgan fingerprint density at radius 1 is 1.42 bits per heavy atom. The van der Waals surface area contributed by atoms with Gasteiger partial charge in [0.15, 0.2) is 5.84 Å². The van der Waals surface area contributed by atoms with Crippen LogP contribution in [0.5, 0.6) is 0 Å². The Morgan fingerprint density at radius 2 is 2.05 bits per heavy atom. The minimum absolute atomic E-state index is 0.185. The van der Waals surface area contributed by atoms with Crippen LogP contribution in [0.1, 0.15) is 39.0 Å². The van der Waals surface area contributed by atoms with Gasteiger partial charge in [0, 0.05) is 11.8 Å². The molecule has 7 heteroatoms. The predicted octanol–water partition coefficient (Wildman–Crippen LogP) is 0.802. The number of hydrogen-bond acceptors (Lipinski definition) is 5. The third-order valence-corrected chi connectivity index (χ3v) is 5.47. The van der Waals surface area contributed by atoms with Crippen LogP contribution in [0.15, 0.2) is 5.16 Å². The second-order valence-electron chi connectivity index (χ2n) is 5.09. The zero-order valence-corrected chi connectivity index (χ0v) is 12.4. The molecular formula is C12H25N3O3S. The fourth-order valence-electron chi connectivity index (χ4n) is 2.53. The Bertz CT molecular complexity index is 389. The van der Waals surface area contributed by atoms with E-state index in [0.29, 0.717) is 25.6 Å². The van der Waals surface area contributed by atoms with Gasteiger partial charge in [-0.3, -0.25) is 4.90 Å². The molecule has 0 aromatic carbocycles. The van der Waals surface area contributed by atoms with E-state index in [-0.39, 0.29) is 17.3 Å². The number of hydrogen-bond donors (Lipinski definition) is 2. The van der Waals surface area contributed by atoms with Crippen molar-refractivity contribution >= 4 is 15.7 Å². The van der Waals surface area contributed by atoms with Crippen molar-refractivity contribution in [3.05, 3.63) is 0 Å². The monoisotopic (exact) mass is 291 g/mol. The summed E-state index contributed by atoms with van der Waals surface area (Å²) in [5, 5.41) is 11.7. The van der Waals surface area contributed by atoms with Crippen LogP contribution in [0.2, 0.25) is 0 Å². The summed E-state index contributed by atoms with van der Waals surface area (Å²) in [6.45, 7) is 2.76. The van der Waals surface area contributed by atoms with E-state index in [1.54, 1.807) is 6.92 Å². The molecule has 0 saturated heterocycles. The first-order valence-electron chi connectivity index (χ1n) is 6.89. The van der Waals surface area contributed by atoms with E-state index in [2.05, 4.69) is 10.1 Å². The Labute approximate surface area is 115 Å². The highest BCUT2D eigenvalue weighted by atomic mass is 32.2. The van der Waals surface area contributed by atoms with Crippen LogP contribution in [-0.2, 0) is 9.84 Å². The van der Waals surface area contributed by atoms with Crippen LogP contribution in [0.3, 0.4) is 0 Å². The third-order valence-electron chi connectivity index (χ3n) is 3.68. The summed E-state index contributed by atoms with van der Waals surface area (Å²) in [5.41, 5.74) is 5.57. The van der Waals surface area contributed by atoms with Gasteiger partial charge in [-0.25, -0.2) is 8.42 Å². The lowest BCUT2D eigenvalue weighted by Gasteiger charge is -2.28. The van der Waals surface area contributed by atoms with Gasteiger partial charge in [-0.05, 0) is 25.8 Å². The van der Waals surface area contributed by atoms with Crippen LogP contribution >= 0.6 is 0 Å². The van der Waals surface area contributed by atoms with E-state index in [1.165, 1.54) is 12.8 Å². The van der Waals surface area contributed by atoms with Crippen molar-refractivity contribution in [3.63, 3.8) is 0 Å². The largest absolute Gasteiger partial charge is 0.409 e.